The van der Waals surface area contributed by atoms with Crippen LogP contribution in [0.25, 0.3) is 0 Å². The zero-order valence-corrected chi connectivity index (χ0v) is 12.9. The van der Waals surface area contributed by atoms with E-state index in [1.54, 1.807) is 0 Å². The molecule has 1 saturated carbocycles. The van der Waals surface area contributed by atoms with Gasteiger partial charge in [0.1, 0.15) is 0 Å². The van der Waals surface area contributed by atoms with Gasteiger partial charge in [0.2, 0.25) is 5.91 Å². The van der Waals surface area contributed by atoms with Gasteiger partial charge < -0.3 is 14.4 Å². The number of likely N-dealkylation sites (tertiary alicyclic amines) is 1. The fourth-order valence-electron chi connectivity index (χ4n) is 5.32. The Bertz CT molecular complexity index is 399. The lowest BCUT2D eigenvalue weighted by molar-refractivity contribution is -0.141. The molecule has 4 heteroatoms. The third kappa shape index (κ3) is 2.31. The van der Waals surface area contributed by atoms with Gasteiger partial charge in [0, 0.05) is 32.4 Å². The maximum atomic E-state index is 13.0. The van der Waals surface area contributed by atoms with Crippen molar-refractivity contribution in [2.24, 2.45) is 17.3 Å². The summed E-state index contributed by atoms with van der Waals surface area (Å²) < 4.78 is 11.1. The van der Waals surface area contributed by atoms with Gasteiger partial charge in [0.15, 0.2) is 0 Å². The summed E-state index contributed by atoms with van der Waals surface area (Å²) in [5.41, 5.74) is 0.366. The van der Waals surface area contributed by atoms with E-state index in [1.807, 2.05) is 0 Å². The zero-order valence-electron chi connectivity index (χ0n) is 12.9. The van der Waals surface area contributed by atoms with Crippen molar-refractivity contribution in [3.63, 3.8) is 0 Å². The predicted molar refractivity (Wildman–Crippen MR) is 78.9 cm³/mol. The van der Waals surface area contributed by atoms with E-state index in [1.165, 1.54) is 19.3 Å². The number of ether oxygens (including phenoxy) is 2. The van der Waals surface area contributed by atoms with Crippen LogP contribution in [0.3, 0.4) is 0 Å². The van der Waals surface area contributed by atoms with E-state index in [0.717, 1.165) is 58.0 Å². The molecular formula is C17H27NO3. The van der Waals surface area contributed by atoms with Crippen LogP contribution < -0.4 is 0 Å². The number of amides is 1. The van der Waals surface area contributed by atoms with Gasteiger partial charge in [0.25, 0.3) is 0 Å². The van der Waals surface area contributed by atoms with Crippen LogP contribution in [0.1, 0.15) is 44.9 Å². The monoisotopic (exact) mass is 293 g/mol. The van der Waals surface area contributed by atoms with Gasteiger partial charge in [-0.05, 0) is 49.9 Å². The lowest BCUT2D eigenvalue weighted by atomic mass is 9.71. The number of carbonyl (C=O) groups excluding carboxylic acids is 1. The van der Waals surface area contributed by atoms with Crippen molar-refractivity contribution in [1.29, 1.82) is 0 Å². The lowest BCUT2D eigenvalue weighted by Gasteiger charge is -2.37. The molecule has 0 aromatic carbocycles. The summed E-state index contributed by atoms with van der Waals surface area (Å²) in [4.78, 5) is 15.2. The van der Waals surface area contributed by atoms with Crippen molar-refractivity contribution in [3.05, 3.63) is 0 Å². The van der Waals surface area contributed by atoms with E-state index in [2.05, 4.69) is 4.90 Å². The minimum absolute atomic E-state index is 0.120. The molecule has 1 amide bonds. The number of hydrogen-bond donors (Lipinski definition) is 0. The van der Waals surface area contributed by atoms with E-state index >= 15 is 0 Å². The lowest BCUT2D eigenvalue weighted by Crippen LogP contribution is -2.43. The molecule has 1 spiro atoms. The second-order valence-corrected chi connectivity index (χ2v) is 7.46. The molecule has 0 N–H and O–H groups in total. The van der Waals surface area contributed by atoms with Crippen molar-refractivity contribution in [2.75, 3.05) is 33.0 Å². The summed E-state index contributed by atoms with van der Waals surface area (Å²) in [7, 11) is 0. The Labute approximate surface area is 127 Å². The summed E-state index contributed by atoms with van der Waals surface area (Å²) in [6.07, 6.45) is 8.18. The Kier molecular flexibility index (Phi) is 3.70. The molecule has 4 nitrogen and oxygen atoms in total. The van der Waals surface area contributed by atoms with Crippen LogP contribution in [0.15, 0.2) is 0 Å². The molecule has 0 radical (unpaired) electrons. The van der Waals surface area contributed by atoms with Crippen molar-refractivity contribution in [3.8, 4) is 0 Å². The van der Waals surface area contributed by atoms with Gasteiger partial charge in [-0.25, -0.2) is 0 Å². The summed E-state index contributed by atoms with van der Waals surface area (Å²) in [6.45, 7) is 4.23. The standard InChI is InChI=1S/C17H27NO3/c19-16(13-3-2-8-21-11-13)18-12-17(6-9-20-10-7-17)14-4-1-5-15(14)18/h13-15H,1-12H2/t13?,14-,15+/m1/s1. The molecule has 1 aliphatic carbocycles. The molecule has 1 unspecified atom stereocenters. The van der Waals surface area contributed by atoms with Crippen LogP contribution in [0.2, 0.25) is 0 Å². The number of rotatable bonds is 1. The van der Waals surface area contributed by atoms with Crippen molar-refractivity contribution < 1.29 is 14.3 Å². The van der Waals surface area contributed by atoms with Crippen LogP contribution in [0.4, 0.5) is 0 Å². The average molecular weight is 293 g/mol. The fourth-order valence-corrected chi connectivity index (χ4v) is 5.32. The third-order valence-corrected chi connectivity index (χ3v) is 6.43. The Morgan fingerprint density at radius 2 is 1.86 bits per heavy atom. The first-order chi connectivity index (χ1) is 10.3. The highest BCUT2D eigenvalue weighted by molar-refractivity contribution is 5.80. The van der Waals surface area contributed by atoms with Gasteiger partial charge in [-0.1, -0.05) is 6.42 Å². The number of nitrogens with zero attached hydrogens (tertiary/aromatic N) is 1. The Morgan fingerprint density at radius 1 is 1.00 bits per heavy atom. The second-order valence-electron chi connectivity index (χ2n) is 7.46. The summed E-state index contributed by atoms with van der Waals surface area (Å²) >= 11 is 0. The van der Waals surface area contributed by atoms with E-state index in [-0.39, 0.29) is 5.92 Å². The summed E-state index contributed by atoms with van der Waals surface area (Å²) in [6, 6.07) is 0.512. The molecule has 4 fully saturated rings. The van der Waals surface area contributed by atoms with Gasteiger partial charge >= 0.3 is 0 Å². The molecule has 3 atom stereocenters. The zero-order chi connectivity index (χ0) is 14.3. The minimum atomic E-state index is 0.120. The molecule has 4 aliphatic rings. The third-order valence-electron chi connectivity index (χ3n) is 6.43. The van der Waals surface area contributed by atoms with Crippen LogP contribution in [-0.4, -0.2) is 49.8 Å². The average Bonchev–Trinajstić information content (AvgIpc) is 3.13. The molecule has 3 aliphatic heterocycles. The maximum absolute atomic E-state index is 13.0. The van der Waals surface area contributed by atoms with Crippen molar-refractivity contribution >= 4 is 5.91 Å². The fraction of sp³-hybridized carbons (Fsp3) is 0.941. The first kappa shape index (κ1) is 14.0. The molecule has 21 heavy (non-hydrogen) atoms. The Morgan fingerprint density at radius 3 is 2.62 bits per heavy atom. The quantitative estimate of drug-likeness (QED) is 0.744. The SMILES string of the molecule is O=C(C1CCCOC1)N1CC2(CCOCC2)[C@@H]2CCC[C@@H]21. The molecule has 118 valence electrons. The largest absolute Gasteiger partial charge is 0.381 e. The van der Waals surface area contributed by atoms with E-state index in [0.29, 0.717) is 24.0 Å². The van der Waals surface area contributed by atoms with Gasteiger partial charge in [0.05, 0.1) is 12.5 Å². The van der Waals surface area contributed by atoms with E-state index < -0.39 is 0 Å². The highest BCUT2D eigenvalue weighted by atomic mass is 16.5. The van der Waals surface area contributed by atoms with E-state index in [9.17, 15) is 4.79 Å². The highest BCUT2D eigenvalue weighted by Crippen LogP contribution is 2.54. The van der Waals surface area contributed by atoms with Crippen LogP contribution in [0.5, 0.6) is 0 Å². The van der Waals surface area contributed by atoms with Crippen LogP contribution in [0, 0.1) is 17.3 Å². The Hall–Kier alpha value is -0.610. The Balaban J connectivity index is 1.53. The number of carbonyl (C=O) groups is 1. The normalized spacial score (nSPS) is 38.7. The molecule has 0 bridgehead atoms. The number of fused-ring (bicyclic) bond motifs is 2. The van der Waals surface area contributed by atoms with Crippen LogP contribution >= 0.6 is 0 Å². The van der Waals surface area contributed by atoms with Crippen molar-refractivity contribution in [1.82, 2.24) is 4.90 Å². The number of hydrogen-bond acceptors (Lipinski definition) is 3. The first-order valence-electron chi connectivity index (χ1n) is 8.76. The van der Waals surface area contributed by atoms with Gasteiger partial charge in [-0.15, -0.1) is 0 Å². The molecular weight excluding hydrogens is 266 g/mol. The molecule has 3 saturated heterocycles. The minimum Gasteiger partial charge on any atom is -0.381 e. The summed E-state index contributed by atoms with van der Waals surface area (Å²) in [5, 5.41) is 0. The second kappa shape index (κ2) is 5.54. The molecule has 4 rings (SSSR count). The highest BCUT2D eigenvalue weighted by Gasteiger charge is 2.55. The molecule has 0 aromatic rings. The first-order valence-corrected chi connectivity index (χ1v) is 8.76. The van der Waals surface area contributed by atoms with Crippen LogP contribution in [-0.2, 0) is 14.3 Å². The predicted octanol–water partition coefficient (Wildman–Crippen LogP) is 2.22. The molecule has 0 aromatic heterocycles. The van der Waals surface area contributed by atoms with Gasteiger partial charge in [-0.3, -0.25) is 4.79 Å². The smallest absolute Gasteiger partial charge is 0.228 e. The van der Waals surface area contributed by atoms with E-state index in [4.69, 9.17) is 9.47 Å². The van der Waals surface area contributed by atoms with Crippen molar-refractivity contribution in [2.45, 2.75) is 51.0 Å². The maximum Gasteiger partial charge on any atom is 0.228 e. The molecule has 3 heterocycles. The summed E-state index contributed by atoms with van der Waals surface area (Å²) in [5.74, 6) is 1.24. The topological polar surface area (TPSA) is 38.8 Å². The van der Waals surface area contributed by atoms with Gasteiger partial charge in [-0.2, -0.15) is 0 Å².